The van der Waals surface area contributed by atoms with Crippen LogP contribution in [0.5, 0.6) is 5.75 Å². The predicted octanol–water partition coefficient (Wildman–Crippen LogP) is 4.03. The third-order valence-corrected chi connectivity index (χ3v) is 5.61. The zero-order valence-electron chi connectivity index (χ0n) is 15.5. The first-order chi connectivity index (χ1) is 12.9. The maximum absolute atomic E-state index is 12.8. The molecular weight excluding hydrogens is 412 g/mol. The van der Waals surface area contributed by atoms with Crippen LogP contribution in [0.4, 0.5) is 4.79 Å². The summed E-state index contributed by atoms with van der Waals surface area (Å²) in [6, 6.07) is 4.63. The van der Waals surface area contributed by atoms with E-state index in [1.807, 2.05) is 13.8 Å². The zero-order chi connectivity index (χ0) is 19.6. The molecule has 144 valence electrons. The fraction of sp³-hybridized carbons (Fsp3) is 0.450. The second-order valence-corrected chi connectivity index (χ2v) is 7.81. The first kappa shape index (κ1) is 19.6. The van der Waals surface area contributed by atoms with Gasteiger partial charge in [-0.2, -0.15) is 0 Å². The number of nitrogens with one attached hydrogen (secondary N) is 1. The van der Waals surface area contributed by atoms with E-state index in [1.165, 1.54) is 11.0 Å². The Morgan fingerprint density at radius 2 is 2.00 bits per heavy atom. The minimum Gasteiger partial charge on any atom is -0.490 e. The molecule has 0 aromatic heterocycles. The molecule has 1 atom stereocenters. The summed E-state index contributed by atoms with van der Waals surface area (Å²) in [6.45, 7) is 4.03. The van der Waals surface area contributed by atoms with Crippen LogP contribution in [0.2, 0.25) is 0 Å². The minimum absolute atomic E-state index is 0.0241. The van der Waals surface area contributed by atoms with E-state index in [0.717, 1.165) is 36.6 Å². The molecule has 27 heavy (non-hydrogen) atoms. The van der Waals surface area contributed by atoms with Crippen molar-refractivity contribution < 1.29 is 19.1 Å². The molecule has 1 heterocycles. The Kier molecular flexibility index (Phi) is 5.99. The van der Waals surface area contributed by atoms with Crippen LogP contribution in [0, 0.1) is 0 Å². The SMILES string of the molecule is CC[C@H](C)Oc1ccc(/C=C2\C(=O)NC(=O)N(C3CCCC3)C2=O)cc1Br. The van der Waals surface area contributed by atoms with Gasteiger partial charge in [-0.15, -0.1) is 0 Å². The van der Waals surface area contributed by atoms with Crippen molar-refractivity contribution in [3.05, 3.63) is 33.8 Å². The third-order valence-electron chi connectivity index (χ3n) is 4.99. The Morgan fingerprint density at radius 3 is 2.63 bits per heavy atom. The molecule has 1 saturated carbocycles. The van der Waals surface area contributed by atoms with Crippen molar-refractivity contribution in [1.82, 2.24) is 10.2 Å². The summed E-state index contributed by atoms with van der Waals surface area (Å²) >= 11 is 3.47. The Labute approximate surface area is 167 Å². The number of rotatable bonds is 5. The number of ether oxygens (including phenoxy) is 1. The van der Waals surface area contributed by atoms with E-state index in [1.54, 1.807) is 18.2 Å². The third kappa shape index (κ3) is 4.24. The number of hydrogen-bond acceptors (Lipinski definition) is 4. The summed E-state index contributed by atoms with van der Waals surface area (Å²) in [5.74, 6) is -0.476. The van der Waals surface area contributed by atoms with Crippen LogP contribution in [0.3, 0.4) is 0 Å². The number of imide groups is 2. The number of benzene rings is 1. The van der Waals surface area contributed by atoms with Gasteiger partial charge in [0.2, 0.25) is 0 Å². The highest BCUT2D eigenvalue weighted by Crippen LogP contribution is 2.30. The standard InChI is InChI=1S/C20H23BrN2O4/c1-3-12(2)27-17-9-8-13(11-16(17)21)10-15-18(24)22-20(26)23(19(15)25)14-6-4-5-7-14/h8-12,14H,3-7H2,1-2H3,(H,22,24,26)/b15-10+/t12-/m0/s1. The molecule has 1 aliphatic heterocycles. The summed E-state index contributed by atoms with van der Waals surface area (Å²) in [5, 5.41) is 2.29. The van der Waals surface area contributed by atoms with Crippen LogP contribution in [0.15, 0.2) is 28.2 Å². The average molecular weight is 435 g/mol. The zero-order valence-corrected chi connectivity index (χ0v) is 17.0. The van der Waals surface area contributed by atoms with Crippen LogP contribution in [0.1, 0.15) is 51.5 Å². The van der Waals surface area contributed by atoms with Crippen LogP contribution >= 0.6 is 15.9 Å². The van der Waals surface area contributed by atoms with Crippen LogP contribution in [-0.2, 0) is 9.59 Å². The molecule has 0 unspecified atom stereocenters. The van der Waals surface area contributed by atoms with Crippen molar-refractivity contribution in [1.29, 1.82) is 0 Å². The maximum atomic E-state index is 12.8. The summed E-state index contributed by atoms with van der Waals surface area (Å²) in [5.41, 5.74) is 0.654. The van der Waals surface area contributed by atoms with E-state index in [-0.39, 0.29) is 17.7 Å². The summed E-state index contributed by atoms with van der Waals surface area (Å²) in [4.78, 5) is 38.4. The number of amides is 4. The van der Waals surface area contributed by atoms with E-state index in [9.17, 15) is 14.4 Å². The number of carbonyl (C=O) groups excluding carboxylic acids is 3. The molecule has 0 spiro atoms. The molecule has 3 rings (SSSR count). The molecule has 6 nitrogen and oxygen atoms in total. The number of urea groups is 1. The van der Waals surface area contributed by atoms with Crippen molar-refractivity contribution >= 4 is 39.9 Å². The number of hydrogen-bond donors (Lipinski definition) is 1. The second kappa shape index (κ2) is 8.25. The lowest BCUT2D eigenvalue weighted by Gasteiger charge is -2.31. The molecule has 2 aliphatic rings. The molecule has 1 saturated heterocycles. The van der Waals surface area contributed by atoms with Crippen LogP contribution < -0.4 is 10.1 Å². The first-order valence-corrected chi connectivity index (χ1v) is 10.1. The Hall–Kier alpha value is -2.15. The van der Waals surface area contributed by atoms with Crippen LogP contribution in [0.25, 0.3) is 6.08 Å². The van der Waals surface area contributed by atoms with Gasteiger partial charge in [-0.3, -0.25) is 19.8 Å². The van der Waals surface area contributed by atoms with Crippen molar-refractivity contribution in [2.75, 3.05) is 0 Å². The number of halogens is 1. The maximum Gasteiger partial charge on any atom is 0.331 e. The smallest absolute Gasteiger partial charge is 0.331 e. The van der Waals surface area contributed by atoms with Crippen molar-refractivity contribution in [3.8, 4) is 5.75 Å². The molecule has 1 N–H and O–H groups in total. The Morgan fingerprint density at radius 1 is 1.30 bits per heavy atom. The van der Waals surface area contributed by atoms with Gasteiger partial charge in [0, 0.05) is 6.04 Å². The first-order valence-electron chi connectivity index (χ1n) is 9.27. The molecule has 1 aliphatic carbocycles. The van der Waals surface area contributed by atoms with E-state index in [4.69, 9.17) is 4.74 Å². The fourth-order valence-electron chi connectivity index (χ4n) is 3.33. The molecule has 0 radical (unpaired) electrons. The molecule has 4 amide bonds. The van der Waals surface area contributed by atoms with Crippen molar-refractivity contribution in [3.63, 3.8) is 0 Å². The quantitative estimate of drug-likeness (QED) is 0.560. The highest BCUT2D eigenvalue weighted by molar-refractivity contribution is 9.10. The normalized spacial score (nSPS) is 20.9. The summed E-state index contributed by atoms with van der Waals surface area (Å²) < 4.78 is 6.55. The van der Waals surface area contributed by atoms with Gasteiger partial charge in [0.15, 0.2) is 0 Å². The molecule has 7 heteroatoms. The average Bonchev–Trinajstić information content (AvgIpc) is 3.14. The number of carbonyl (C=O) groups is 3. The highest BCUT2D eigenvalue weighted by atomic mass is 79.9. The van der Waals surface area contributed by atoms with Gasteiger partial charge >= 0.3 is 6.03 Å². The van der Waals surface area contributed by atoms with Crippen molar-refractivity contribution in [2.45, 2.75) is 58.1 Å². The van der Waals surface area contributed by atoms with Crippen LogP contribution in [-0.4, -0.2) is 34.9 Å². The lowest BCUT2D eigenvalue weighted by Crippen LogP contribution is -2.57. The van der Waals surface area contributed by atoms with E-state index >= 15 is 0 Å². The van der Waals surface area contributed by atoms with Gasteiger partial charge in [0.05, 0.1) is 10.6 Å². The van der Waals surface area contributed by atoms with E-state index in [2.05, 4.69) is 21.2 Å². The topological polar surface area (TPSA) is 75.7 Å². The monoisotopic (exact) mass is 434 g/mol. The van der Waals surface area contributed by atoms with Gasteiger partial charge in [-0.25, -0.2) is 4.79 Å². The molecule has 0 bridgehead atoms. The Balaban J connectivity index is 1.86. The second-order valence-electron chi connectivity index (χ2n) is 6.96. The largest absolute Gasteiger partial charge is 0.490 e. The summed E-state index contributed by atoms with van der Waals surface area (Å²) in [7, 11) is 0. The van der Waals surface area contributed by atoms with Gasteiger partial charge < -0.3 is 4.74 Å². The van der Waals surface area contributed by atoms with E-state index < -0.39 is 17.8 Å². The van der Waals surface area contributed by atoms with Gasteiger partial charge in [0.1, 0.15) is 11.3 Å². The molecular formula is C20H23BrN2O4. The van der Waals surface area contributed by atoms with Gasteiger partial charge in [-0.05, 0) is 65.9 Å². The molecule has 2 fully saturated rings. The lowest BCUT2D eigenvalue weighted by atomic mass is 10.1. The molecule has 1 aromatic carbocycles. The predicted molar refractivity (Wildman–Crippen MR) is 105 cm³/mol. The number of nitrogens with zero attached hydrogens (tertiary/aromatic N) is 1. The number of barbiturate groups is 1. The van der Waals surface area contributed by atoms with Crippen molar-refractivity contribution in [2.24, 2.45) is 0 Å². The highest BCUT2D eigenvalue weighted by Gasteiger charge is 2.40. The van der Waals surface area contributed by atoms with Gasteiger partial charge in [0.25, 0.3) is 11.8 Å². The minimum atomic E-state index is -0.657. The lowest BCUT2D eigenvalue weighted by molar-refractivity contribution is -0.131. The van der Waals surface area contributed by atoms with Gasteiger partial charge in [-0.1, -0.05) is 25.8 Å². The van der Waals surface area contributed by atoms with E-state index in [0.29, 0.717) is 11.3 Å². The molecule has 1 aromatic rings. The summed E-state index contributed by atoms with van der Waals surface area (Å²) in [6.07, 6.45) is 6.03. The Bertz CT molecular complexity index is 799. The fourth-order valence-corrected chi connectivity index (χ4v) is 3.82.